The van der Waals surface area contributed by atoms with Gasteiger partial charge in [0.25, 0.3) is 0 Å². The van der Waals surface area contributed by atoms with Crippen LogP contribution in [0.4, 0.5) is 5.95 Å². The molecule has 0 saturated carbocycles. The number of nitrogens with zero attached hydrogens (tertiary/aromatic N) is 2. The molecule has 20 heavy (non-hydrogen) atoms. The first-order valence-corrected chi connectivity index (χ1v) is 7.85. The fourth-order valence-electron chi connectivity index (χ4n) is 1.66. The first-order chi connectivity index (χ1) is 9.74. The Hall–Kier alpha value is -1.75. The Morgan fingerprint density at radius 3 is 2.85 bits per heavy atom. The molecule has 4 nitrogen and oxygen atoms in total. The lowest BCUT2D eigenvalue weighted by Crippen LogP contribution is -2.05. The number of benzene rings is 1. The zero-order valence-electron chi connectivity index (χ0n) is 12.0. The van der Waals surface area contributed by atoms with Crippen molar-refractivity contribution in [2.45, 2.75) is 25.2 Å². The van der Waals surface area contributed by atoms with E-state index in [1.807, 2.05) is 37.4 Å². The highest BCUT2D eigenvalue weighted by Gasteiger charge is 2.08. The number of thioether (sulfide) groups is 1. The zero-order valence-corrected chi connectivity index (χ0v) is 12.8. The second-order valence-corrected chi connectivity index (χ2v) is 5.21. The Morgan fingerprint density at radius 2 is 2.10 bits per heavy atom. The lowest BCUT2D eigenvalue weighted by Gasteiger charge is -2.11. The van der Waals surface area contributed by atoms with Crippen molar-refractivity contribution in [3.63, 3.8) is 0 Å². The Kier molecular flexibility index (Phi) is 5.24. The quantitative estimate of drug-likeness (QED) is 0.810. The molecule has 0 unspecified atom stereocenters. The summed E-state index contributed by atoms with van der Waals surface area (Å²) >= 11 is 1.65. The number of aryl methyl sites for hydroxylation is 1. The summed E-state index contributed by atoms with van der Waals surface area (Å²) in [6, 6.07) is 7.95. The standard InChI is InChI=1S/C15H19N3OS/c1-4-9-16-15-17-10-11(2)14(18-15)19-12-7-5-6-8-13(12)20-3/h5-8,10H,4,9H2,1-3H3,(H,16,17,18). The SMILES string of the molecule is CCCNc1ncc(C)c(Oc2ccccc2SC)n1. The van der Waals surface area contributed by atoms with E-state index in [4.69, 9.17) is 4.74 Å². The Balaban J connectivity index is 2.23. The van der Waals surface area contributed by atoms with Gasteiger partial charge in [-0.2, -0.15) is 4.98 Å². The number of hydrogen-bond acceptors (Lipinski definition) is 5. The first-order valence-electron chi connectivity index (χ1n) is 6.63. The molecule has 2 rings (SSSR count). The van der Waals surface area contributed by atoms with Crippen molar-refractivity contribution in [1.82, 2.24) is 9.97 Å². The van der Waals surface area contributed by atoms with Crippen LogP contribution in [0.1, 0.15) is 18.9 Å². The fraction of sp³-hybridized carbons (Fsp3) is 0.333. The number of anilines is 1. The maximum absolute atomic E-state index is 5.94. The topological polar surface area (TPSA) is 47.0 Å². The number of ether oxygens (including phenoxy) is 1. The highest BCUT2D eigenvalue weighted by molar-refractivity contribution is 7.98. The number of para-hydroxylation sites is 1. The van der Waals surface area contributed by atoms with Gasteiger partial charge >= 0.3 is 0 Å². The number of hydrogen-bond donors (Lipinski definition) is 1. The van der Waals surface area contributed by atoms with Gasteiger partial charge in [-0.1, -0.05) is 19.1 Å². The summed E-state index contributed by atoms with van der Waals surface area (Å²) in [5.74, 6) is 2.03. The van der Waals surface area contributed by atoms with Gasteiger partial charge in [0.05, 0.1) is 0 Å². The minimum absolute atomic E-state index is 0.597. The molecule has 0 aliphatic heterocycles. The summed E-state index contributed by atoms with van der Waals surface area (Å²) in [5.41, 5.74) is 0.919. The van der Waals surface area contributed by atoms with E-state index in [0.717, 1.165) is 29.2 Å². The minimum atomic E-state index is 0.597. The van der Waals surface area contributed by atoms with Gasteiger partial charge in [0.2, 0.25) is 11.8 Å². The predicted molar refractivity (Wildman–Crippen MR) is 83.8 cm³/mol. The number of aromatic nitrogens is 2. The Bertz CT molecular complexity index is 575. The van der Waals surface area contributed by atoms with Crippen molar-refractivity contribution in [3.05, 3.63) is 36.0 Å². The largest absolute Gasteiger partial charge is 0.437 e. The molecule has 0 fully saturated rings. The van der Waals surface area contributed by atoms with Crippen molar-refractivity contribution < 1.29 is 4.74 Å². The molecule has 1 aromatic carbocycles. The molecule has 0 aliphatic carbocycles. The van der Waals surface area contributed by atoms with Crippen LogP contribution in [0.25, 0.3) is 0 Å². The molecule has 0 saturated heterocycles. The highest BCUT2D eigenvalue weighted by Crippen LogP contribution is 2.31. The molecule has 0 radical (unpaired) electrons. The van der Waals surface area contributed by atoms with Crippen LogP contribution < -0.4 is 10.1 Å². The summed E-state index contributed by atoms with van der Waals surface area (Å²) < 4.78 is 5.94. The van der Waals surface area contributed by atoms with E-state index < -0.39 is 0 Å². The molecule has 2 aromatic rings. The summed E-state index contributed by atoms with van der Waals surface area (Å²) in [6.45, 7) is 4.90. The van der Waals surface area contributed by atoms with E-state index >= 15 is 0 Å². The summed E-state index contributed by atoms with van der Waals surface area (Å²) in [6.07, 6.45) is 4.84. The lowest BCUT2D eigenvalue weighted by atomic mass is 10.3. The average molecular weight is 289 g/mol. The molecule has 1 N–H and O–H groups in total. The van der Waals surface area contributed by atoms with Gasteiger partial charge < -0.3 is 10.1 Å². The molecular weight excluding hydrogens is 270 g/mol. The molecule has 0 aliphatic rings. The van der Waals surface area contributed by atoms with Crippen LogP contribution in [0.2, 0.25) is 0 Å². The van der Waals surface area contributed by atoms with E-state index in [1.54, 1.807) is 18.0 Å². The van der Waals surface area contributed by atoms with Gasteiger partial charge in [-0.3, -0.25) is 0 Å². The summed E-state index contributed by atoms with van der Waals surface area (Å²) in [5, 5.41) is 3.17. The normalized spacial score (nSPS) is 10.3. The number of rotatable bonds is 6. The highest BCUT2D eigenvalue weighted by atomic mass is 32.2. The van der Waals surface area contributed by atoms with Gasteiger partial charge in [-0.15, -0.1) is 11.8 Å². The smallest absolute Gasteiger partial charge is 0.227 e. The van der Waals surface area contributed by atoms with Crippen LogP contribution in [0.3, 0.4) is 0 Å². The summed E-state index contributed by atoms with van der Waals surface area (Å²) in [4.78, 5) is 9.77. The maximum Gasteiger partial charge on any atom is 0.227 e. The Labute approximate surface area is 124 Å². The molecule has 1 heterocycles. The number of nitrogens with one attached hydrogen (secondary N) is 1. The summed E-state index contributed by atoms with van der Waals surface area (Å²) in [7, 11) is 0. The van der Waals surface area contributed by atoms with Crippen LogP contribution >= 0.6 is 11.8 Å². The monoisotopic (exact) mass is 289 g/mol. The van der Waals surface area contributed by atoms with Crippen molar-refractivity contribution in [2.24, 2.45) is 0 Å². The predicted octanol–water partition coefficient (Wildman–Crippen LogP) is 4.12. The molecular formula is C15H19N3OS. The van der Waals surface area contributed by atoms with E-state index in [-0.39, 0.29) is 0 Å². The minimum Gasteiger partial charge on any atom is -0.437 e. The lowest BCUT2D eigenvalue weighted by molar-refractivity contribution is 0.447. The van der Waals surface area contributed by atoms with Crippen LogP contribution in [0.15, 0.2) is 35.4 Å². The van der Waals surface area contributed by atoms with Gasteiger partial charge in [-0.25, -0.2) is 4.98 Å². The van der Waals surface area contributed by atoms with Crippen molar-refractivity contribution >= 4 is 17.7 Å². The van der Waals surface area contributed by atoms with E-state index in [9.17, 15) is 0 Å². The van der Waals surface area contributed by atoms with Crippen molar-refractivity contribution in [3.8, 4) is 11.6 Å². The third-order valence-corrected chi connectivity index (χ3v) is 3.51. The third-order valence-electron chi connectivity index (χ3n) is 2.73. The molecule has 0 spiro atoms. The van der Waals surface area contributed by atoms with Crippen LogP contribution in [-0.4, -0.2) is 22.8 Å². The van der Waals surface area contributed by atoms with Crippen LogP contribution in [0.5, 0.6) is 11.6 Å². The van der Waals surface area contributed by atoms with Crippen LogP contribution in [0, 0.1) is 6.92 Å². The van der Waals surface area contributed by atoms with Gasteiger partial charge in [0.1, 0.15) is 5.75 Å². The van der Waals surface area contributed by atoms with Gasteiger partial charge in [0, 0.05) is 23.2 Å². The maximum atomic E-state index is 5.94. The molecule has 106 valence electrons. The second-order valence-electron chi connectivity index (χ2n) is 4.36. The van der Waals surface area contributed by atoms with Crippen molar-refractivity contribution in [1.29, 1.82) is 0 Å². The van der Waals surface area contributed by atoms with E-state index in [0.29, 0.717) is 11.8 Å². The fourth-order valence-corrected chi connectivity index (χ4v) is 2.18. The van der Waals surface area contributed by atoms with Crippen LogP contribution in [-0.2, 0) is 0 Å². The van der Waals surface area contributed by atoms with Gasteiger partial charge in [0.15, 0.2) is 0 Å². The molecule has 0 atom stereocenters. The average Bonchev–Trinajstić information content (AvgIpc) is 2.48. The van der Waals surface area contributed by atoms with Crippen molar-refractivity contribution in [2.75, 3.05) is 18.1 Å². The Morgan fingerprint density at radius 1 is 1.30 bits per heavy atom. The van der Waals surface area contributed by atoms with Gasteiger partial charge in [-0.05, 0) is 31.7 Å². The van der Waals surface area contributed by atoms with E-state index in [1.165, 1.54) is 0 Å². The molecule has 0 amide bonds. The first kappa shape index (κ1) is 14.7. The molecule has 0 bridgehead atoms. The molecule has 1 aromatic heterocycles. The molecule has 5 heteroatoms. The zero-order chi connectivity index (χ0) is 14.4. The van der Waals surface area contributed by atoms with E-state index in [2.05, 4.69) is 22.2 Å². The third kappa shape index (κ3) is 3.63. The second kappa shape index (κ2) is 7.14.